The lowest BCUT2D eigenvalue weighted by atomic mass is 10.5. The van der Waals surface area contributed by atoms with Crippen molar-refractivity contribution in [1.29, 1.82) is 0 Å². The molecule has 1 aromatic heterocycles. The van der Waals surface area contributed by atoms with E-state index in [1.807, 2.05) is 11.3 Å². The molecule has 0 saturated carbocycles. The molecule has 0 N–H and O–H groups in total. The Hall–Kier alpha value is 0.140. The van der Waals surface area contributed by atoms with Crippen LogP contribution in [-0.4, -0.2) is 23.0 Å². The first kappa shape index (κ1) is 9.69. The zero-order chi connectivity index (χ0) is 8.93. The maximum Gasteiger partial charge on any atom is 0.122 e. The van der Waals surface area contributed by atoms with Crippen LogP contribution in [0.3, 0.4) is 0 Å². The van der Waals surface area contributed by atoms with Crippen molar-refractivity contribution in [2.75, 3.05) is 23.0 Å². The summed E-state index contributed by atoms with van der Waals surface area (Å²) < 4.78 is 0. The first-order chi connectivity index (χ1) is 6.45. The number of hydrogen-bond acceptors (Lipinski definition) is 2. The molecule has 0 radical (unpaired) electrons. The second kappa shape index (κ2) is 5.13. The molecule has 3 heteroatoms. The second-order valence-electron chi connectivity index (χ2n) is 2.88. The van der Waals surface area contributed by atoms with Crippen molar-refractivity contribution in [3.05, 3.63) is 27.8 Å². The van der Waals surface area contributed by atoms with Gasteiger partial charge in [-0.25, -0.2) is 0 Å². The molecule has 0 aromatic carbocycles. The molecule has 2 rings (SSSR count). The topological polar surface area (TPSA) is 0 Å². The van der Waals surface area contributed by atoms with Gasteiger partial charge >= 0.3 is 0 Å². The summed E-state index contributed by atoms with van der Waals surface area (Å²) in [4.78, 5) is 1.39. The minimum Gasteiger partial charge on any atom is -0.152 e. The van der Waals surface area contributed by atoms with E-state index in [4.69, 9.17) is 0 Å². The Labute approximate surface area is 90.8 Å². The van der Waals surface area contributed by atoms with Gasteiger partial charge in [0.05, 0.1) is 0 Å². The maximum atomic E-state index is 2.42. The number of thiophene rings is 1. The fourth-order valence-electron chi connectivity index (χ4n) is 1.22. The summed E-state index contributed by atoms with van der Waals surface area (Å²) in [6.45, 7) is 0. The van der Waals surface area contributed by atoms with Gasteiger partial charge in [-0.05, 0) is 11.4 Å². The van der Waals surface area contributed by atoms with Gasteiger partial charge in [-0.15, -0.1) is 11.3 Å². The van der Waals surface area contributed by atoms with Crippen LogP contribution in [0.4, 0.5) is 0 Å². The van der Waals surface area contributed by atoms with Crippen LogP contribution in [0.1, 0.15) is 4.88 Å². The van der Waals surface area contributed by atoms with Gasteiger partial charge in [0.25, 0.3) is 0 Å². The molecule has 1 saturated heterocycles. The summed E-state index contributed by atoms with van der Waals surface area (Å²) in [6, 6.07) is 4.30. The number of rotatable bonds is 2. The Balaban J connectivity index is 1.89. The number of thioether (sulfide) groups is 1. The van der Waals surface area contributed by atoms with Crippen molar-refractivity contribution in [2.24, 2.45) is 0 Å². The van der Waals surface area contributed by atoms with Crippen molar-refractivity contribution in [3.63, 3.8) is 0 Å². The fourth-order valence-corrected chi connectivity index (χ4v) is 5.60. The molecule has 0 atom stereocenters. The van der Waals surface area contributed by atoms with E-state index in [2.05, 4.69) is 40.8 Å². The third kappa shape index (κ3) is 3.08. The van der Waals surface area contributed by atoms with Crippen LogP contribution in [0.15, 0.2) is 22.9 Å². The molecule has 13 heavy (non-hydrogen) atoms. The van der Waals surface area contributed by atoms with Gasteiger partial charge in [0.15, 0.2) is 0 Å². The predicted octanol–water partition coefficient (Wildman–Crippen LogP) is 3.08. The molecule has 1 aromatic rings. The van der Waals surface area contributed by atoms with Gasteiger partial charge in [0, 0.05) is 33.4 Å². The van der Waals surface area contributed by atoms with Gasteiger partial charge in [-0.3, -0.25) is 0 Å². The highest BCUT2D eigenvalue weighted by Crippen LogP contribution is 2.17. The van der Waals surface area contributed by atoms with E-state index in [0.717, 1.165) is 0 Å². The van der Waals surface area contributed by atoms with Crippen molar-refractivity contribution >= 4 is 40.1 Å². The Morgan fingerprint density at radius 1 is 1.31 bits per heavy atom. The average Bonchev–Trinajstić information content (AvgIpc) is 2.69. The zero-order valence-corrected chi connectivity index (χ0v) is 9.89. The van der Waals surface area contributed by atoms with Crippen molar-refractivity contribution in [1.82, 2.24) is 0 Å². The summed E-state index contributed by atoms with van der Waals surface area (Å²) in [7, 11) is 0.576. The van der Waals surface area contributed by atoms with Crippen LogP contribution in [0.25, 0.3) is 6.08 Å². The summed E-state index contributed by atoms with van der Waals surface area (Å²) in [5.41, 5.74) is 0. The number of hydrogen-bond donors (Lipinski definition) is 0. The van der Waals surface area contributed by atoms with Gasteiger partial charge in [-0.1, -0.05) is 6.07 Å². The van der Waals surface area contributed by atoms with Gasteiger partial charge in [0.1, 0.15) is 16.9 Å². The lowest BCUT2D eigenvalue weighted by Crippen LogP contribution is -2.18. The van der Waals surface area contributed by atoms with Crippen molar-refractivity contribution in [3.8, 4) is 0 Å². The SMILES string of the molecule is C(=C\[S+]1CCSCC1)/c1cccs1. The maximum absolute atomic E-state index is 2.42. The molecule has 0 aliphatic carbocycles. The quantitative estimate of drug-likeness (QED) is 0.702. The first-order valence-electron chi connectivity index (χ1n) is 4.41. The van der Waals surface area contributed by atoms with Crippen LogP contribution in [0.5, 0.6) is 0 Å². The van der Waals surface area contributed by atoms with E-state index < -0.39 is 0 Å². The summed E-state index contributed by atoms with van der Waals surface area (Å²) in [6.07, 6.45) is 2.30. The zero-order valence-electron chi connectivity index (χ0n) is 7.44. The highest BCUT2D eigenvalue weighted by molar-refractivity contribution is 8.06. The molecule has 0 unspecified atom stereocenters. The standard InChI is InChI=1S/C10H13S3/c1-2-10(12-4-1)3-7-13-8-5-11-6-9-13/h1-4,7H,5-6,8-9H2/q+1/b7-3+. The minimum atomic E-state index is 0.576. The monoisotopic (exact) mass is 229 g/mol. The van der Waals surface area contributed by atoms with Crippen molar-refractivity contribution in [2.45, 2.75) is 0 Å². The smallest absolute Gasteiger partial charge is 0.122 e. The van der Waals surface area contributed by atoms with E-state index in [1.54, 1.807) is 0 Å². The molecule has 0 nitrogen and oxygen atoms in total. The third-order valence-electron chi connectivity index (χ3n) is 1.95. The molecule has 0 bridgehead atoms. The molecule has 1 aliphatic heterocycles. The lowest BCUT2D eigenvalue weighted by Gasteiger charge is -2.08. The van der Waals surface area contributed by atoms with Crippen LogP contribution in [0.2, 0.25) is 0 Å². The Bertz CT molecular complexity index is 258. The van der Waals surface area contributed by atoms with E-state index in [-0.39, 0.29) is 0 Å². The molecule has 0 amide bonds. The van der Waals surface area contributed by atoms with E-state index >= 15 is 0 Å². The minimum absolute atomic E-state index is 0.576. The molecule has 0 spiro atoms. The molecule has 70 valence electrons. The van der Waals surface area contributed by atoms with Gasteiger partial charge in [-0.2, -0.15) is 11.8 Å². The van der Waals surface area contributed by atoms with Crippen LogP contribution in [0, 0.1) is 0 Å². The average molecular weight is 229 g/mol. The second-order valence-corrected chi connectivity index (χ2v) is 7.24. The predicted molar refractivity (Wildman–Crippen MR) is 67.8 cm³/mol. The highest BCUT2D eigenvalue weighted by Gasteiger charge is 2.18. The summed E-state index contributed by atoms with van der Waals surface area (Å²) >= 11 is 3.92. The van der Waals surface area contributed by atoms with Crippen LogP contribution >= 0.6 is 23.1 Å². The highest BCUT2D eigenvalue weighted by atomic mass is 32.2. The molecular weight excluding hydrogens is 216 g/mol. The Morgan fingerprint density at radius 2 is 2.15 bits per heavy atom. The molecule has 1 aliphatic rings. The van der Waals surface area contributed by atoms with E-state index in [9.17, 15) is 0 Å². The fraction of sp³-hybridized carbons (Fsp3) is 0.400. The van der Waals surface area contributed by atoms with Crippen LogP contribution < -0.4 is 0 Å². The first-order valence-corrected chi connectivity index (χ1v) is 8.07. The summed E-state index contributed by atoms with van der Waals surface area (Å²) in [5.74, 6) is 5.51. The van der Waals surface area contributed by atoms with E-state index in [0.29, 0.717) is 10.9 Å². The molecule has 2 heterocycles. The van der Waals surface area contributed by atoms with E-state index in [1.165, 1.54) is 27.9 Å². The molecule has 1 fully saturated rings. The molecular formula is C10H13S3+. The third-order valence-corrected chi connectivity index (χ3v) is 6.27. The van der Waals surface area contributed by atoms with Crippen molar-refractivity contribution < 1.29 is 0 Å². The normalized spacial score (nSPS) is 19.7. The lowest BCUT2D eigenvalue weighted by molar-refractivity contribution is 1.41. The van der Waals surface area contributed by atoms with Crippen LogP contribution in [-0.2, 0) is 10.9 Å². The van der Waals surface area contributed by atoms with Gasteiger partial charge in [0.2, 0.25) is 0 Å². The summed E-state index contributed by atoms with van der Waals surface area (Å²) in [5, 5.41) is 4.56. The Kier molecular flexibility index (Phi) is 3.82. The van der Waals surface area contributed by atoms with Gasteiger partial charge < -0.3 is 0 Å². The Morgan fingerprint density at radius 3 is 2.85 bits per heavy atom. The largest absolute Gasteiger partial charge is 0.152 e.